The molecule has 8 heteroatoms. The van der Waals surface area contributed by atoms with Crippen molar-refractivity contribution in [3.05, 3.63) is 69.4 Å². The number of rotatable bonds is 5. The highest BCUT2D eigenvalue weighted by Gasteiger charge is 2.20. The summed E-state index contributed by atoms with van der Waals surface area (Å²) in [5.41, 5.74) is 3.58. The Labute approximate surface area is 182 Å². The van der Waals surface area contributed by atoms with E-state index in [9.17, 15) is 4.79 Å². The predicted octanol–water partition coefficient (Wildman–Crippen LogP) is 4.48. The smallest absolute Gasteiger partial charge is 0.262 e. The molecule has 4 aromatic rings. The lowest BCUT2D eigenvalue weighted by Gasteiger charge is -2.16. The number of nitrogens with zero attached hydrogens (tertiary/aromatic N) is 4. The van der Waals surface area contributed by atoms with Gasteiger partial charge in [0.15, 0.2) is 5.16 Å². The summed E-state index contributed by atoms with van der Waals surface area (Å²) in [5.74, 6) is 0.616. The number of pyridine rings is 1. The van der Waals surface area contributed by atoms with E-state index in [2.05, 4.69) is 0 Å². The van der Waals surface area contributed by atoms with Crippen molar-refractivity contribution in [2.24, 2.45) is 0 Å². The maximum absolute atomic E-state index is 13.2. The van der Waals surface area contributed by atoms with Crippen LogP contribution in [-0.2, 0) is 17.0 Å². The fourth-order valence-corrected chi connectivity index (χ4v) is 4.91. The first-order chi connectivity index (χ1) is 14.6. The summed E-state index contributed by atoms with van der Waals surface area (Å²) in [6.07, 6.45) is 6.05. The van der Waals surface area contributed by atoms with Gasteiger partial charge in [0.2, 0.25) is 0 Å². The van der Waals surface area contributed by atoms with Gasteiger partial charge in [-0.05, 0) is 49.6 Å². The van der Waals surface area contributed by atoms with Gasteiger partial charge in [-0.2, -0.15) is 0 Å². The van der Waals surface area contributed by atoms with E-state index in [1.54, 1.807) is 22.8 Å². The molecule has 0 spiro atoms. The topological polar surface area (TPSA) is 61.4 Å². The average molecular weight is 441 g/mol. The van der Waals surface area contributed by atoms with Gasteiger partial charge in [-0.25, -0.2) is 9.97 Å². The van der Waals surface area contributed by atoms with Crippen LogP contribution in [0.5, 0.6) is 0 Å². The first-order valence-corrected chi connectivity index (χ1v) is 11.3. The quantitative estimate of drug-likeness (QED) is 0.338. The molecule has 3 aromatic heterocycles. The molecule has 1 aliphatic rings. The molecule has 4 heterocycles. The van der Waals surface area contributed by atoms with Crippen molar-refractivity contribution in [1.82, 2.24) is 18.9 Å². The first kappa shape index (κ1) is 19.6. The van der Waals surface area contributed by atoms with E-state index in [1.165, 1.54) is 11.8 Å². The average Bonchev–Trinajstić information content (AvgIpc) is 3.39. The molecule has 5 rings (SSSR count). The van der Waals surface area contributed by atoms with E-state index >= 15 is 0 Å². The third kappa shape index (κ3) is 3.73. The van der Waals surface area contributed by atoms with E-state index in [-0.39, 0.29) is 11.7 Å². The van der Waals surface area contributed by atoms with Crippen molar-refractivity contribution in [2.75, 3.05) is 6.61 Å². The molecule has 1 aromatic carbocycles. The summed E-state index contributed by atoms with van der Waals surface area (Å²) < 4.78 is 9.55. The minimum atomic E-state index is -0.0551. The largest absolute Gasteiger partial charge is 0.376 e. The van der Waals surface area contributed by atoms with E-state index in [0.717, 1.165) is 36.4 Å². The molecular weight excluding hydrogens is 420 g/mol. The van der Waals surface area contributed by atoms with E-state index in [0.29, 0.717) is 33.4 Å². The number of hydrogen-bond acceptors (Lipinski definition) is 5. The Hall–Kier alpha value is -2.35. The zero-order valence-corrected chi connectivity index (χ0v) is 18.1. The lowest BCUT2D eigenvalue weighted by molar-refractivity contribution is 0.0937. The van der Waals surface area contributed by atoms with E-state index in [1.807, 2.05) is 35.9 Å². The Morgan fingerprint density at radius 3 is 3.00 bits per heavy atom. The highest BCUT2D eigenvalue weighted by molar-refractivity contribution is 7.98. The number of fused-ring (bicyclic) bond motifs is 2. The van der Waals surface area contributed by atoms with E-state index in [4.69, 9.17) is 26.3 Å². The molecule has 0 bridgehead atoms. The molecule has 0 N–H and O–H groups in total. The van der Waals surface area contributed by atoms with Gasteiger partial charge in [0.05, 0.1) is 29.2 Å². The number of halogens is 1. The molecular formula is C22H21ClN4O2S. The van der Waals surface area contributed by atoms with Crippen LogP contribution in [0.3, 0.4) is 0 Å². The second-order valence-electron chi connectivity index (χ2n) is 7.55. The van der Waals surface area contributed by atoms with E-state index < -0.39 is 0 Å². The molecule has 0 radical (unpaired) electrons. The minimum absolute atomic E-state index is 0.0476. The van der Waals surface area contributed by atoms with Crippen LogP contribution in [0.4, 0.5) is 0 Å². The van der Waals surface area contributed by atoms with Crippen LogP contribution in [0.25, 0.3) is 16.6 Å². The molecule has 1 atom stereocenters. The third-order valence-corrected chi connectivity index (χ3v) is 6.61. The van der Waals surface area contributed by atoms with Crippen molar-refractivity contribution in [3.63, 3.8) is 0 Å². The van der Waals surface area contributed by atoms with Crippen molar-refractivity contribution in [3.8, 4) is 0 Å². The molecule has 30 heavy (non-hydrogen) atoms. The Bertz CT molecular complexity index is 1290. The molecule has 0 saturated carbocycles. The van der Waals surface area contributed by atoms with Gasteiger partial charge in [0, 0.05) is 29.8 Å². The second kappa shape index (κ2) is 8.06. The first-order valence-electron chi connectivity index (χ1n) is 9.96. The van der Waals surface area contributed by atoms with Crippen LogP contribution < -0.4 is 5.56 Å². The zero-order valence-electron chi connectivity index (χ0n) is 16.5. The van der Waals surface area contributed by atoms with Crippen molar-refractivity contribution < 1.29 is 4.74 Å². The molecule has 0 aliphatic carbocycles. The highest BCUT2D eigenvalue weighted by Crippen LogP contribution is 2.25. The molecule has 1 saturated heterocycles. The van der Waals surface area contributed by atoms with Crippen LogP contribution in [0.1, 0.15) is 24.1 Å². The van der Waals surface area contributed by atoms with Crippen LogP contribution in [-0.4, -0.2) is 31.6 Å². The summed E-state index contributed by atoms with van der Waals surface area (Å²) in [6.45, 7) is 3.31. The summed E-state index contributed by atoms with van der Waals surface area (Å²) in [6, 6.07) is 9.28. The molecule has 1 aliphatic heterocycles. The molecule has 0 amide bonds. The van der Waals surface area contributed by atoms with Gasteiger partial charge in [-0.15, -0.1) is 0 Å². The van der Waals surface area contributed by atoms with Crippen molar-refractivity contribution in [2.45, 2.75) is 43.3 Å². The SMILES string of the molecule is Cc1cccn2cc(CSc3nc4cc(Cl)ccc4c(=O)n3C[C@@H]3CCCO3)nc12. The maximum atomic E-state index is 13.2. The Morgan fingerprint density at radius 1 is 1.30 bits per heavy atom. The molecule has 1 fully saturated rings. The van der Waals surface area contributed by atoms with Gasteiger partial charge < -0.3 is 9.14 Å². The van der Waals surface area contributed by atoms with Crippen molar-refractivity contribution in [1.29, 1.82) is 0 Å². The molecule has 0 unspecified atom stereocenters. The number of aryl methyl sites for hydroxylation is 1. The van der Waals surface area contributed by atoms with Crippen LogP contribution in [0, 0.1) is 6.92 Å². The molecule has 154 valence electrons. The summed E-state index contributed by atoms with van der Waals surface area (Å²) in [5, 5.41) is 1.81. The number of imidazole rings is 1. The van der Waals surface area contributed by atoms with Gasteiger partial charge in [-0.1, -0.05) is 29.4 Å². The van der Waals surface area contributed by atoms with Gasteiger partial charge in [0.25, 0.3) is 5.56 Å². The Kier molecular flexibility index (Phi) is 5.26. The normalized spacial score (nSPS) is 16.7. The van der Waals surface area contributed by atoms with Gasteiger partial charge in [0.1, 0.15) is 5.65 Å². The maximum Gasteiger partial charge on any atom is 0.262 e. The number of hydrogen-bond donors (Lipinski definition) is 0. The van der Waals surface area contributed by atoms with Crippen LogP contribution >= 0.6 is 23.4 Å². The number of benzene rings is 1. The lowest BCUT2D eigenvalue weighted by atomic mass is 10.2. The van der Waals surface area contributed by atoms with Crippen LogP contribution in [0.2, 0.25) is 5.02 Å². The summed E-state index contributed by atoms with van der Waals surface area (Å²) >= 11 is 7.66. The Balaban J connectivity index is 1.51. The van der Waals surface area contributed by atoms with Crippen molar-refractivity contribution >= 4 is 39.9 Å². The summed E-state index contributed by atoms with van der Waals surface area (Å²) in [7, 11) is 0. The number of aromatic nitrogens is 4. The lowest BCUT2D eigenvalue weighted by Crippen LogP contribution is -2.28. The summed E-state index contributed by atoms with van der Waals surface area (Å²) in [4.78, 5) is 22.8. The highest BCUT2D eigenvalue weighted by atomic mass is 35.5. The minimum Gasteiger partial charge on any atom is -0.376 e. The monoisotopic (exact) mass is 440 g/mol. The second-order valence-corrected chi connectivity index (χ2v) is 8.93. The molecule has 6 nitrogen and oxygen atoms in total. The number of ether oxygens (including phenoxy) is 1. The predicted molar refractivity (Wildman–Crippen MR) is 119 cm³/mol. The fourth-order valence-electron chi connectivity index (χ4n) is 3.85. The zero-order chi connectivity index (χ0) is 20.7. The number of thioether (sulfide) groups is 1. The Morgan fingerprint density at radius 2 is 2.20 bits per heavy atom. The van der Waals surface area contributed by atoms with Crippen LogP contribution in [0.15, 0.2) is 52.7 Å². The van der Waals surface area contributed by atoms with Gasteiger partial charge >= 0.3 is 0 Å². The fraction of sp³-hybridized carbons (Fsp3) is 0.318. The standard InChI is InChI=1S/C22H21ClN4O2S/c1-14-4-2-8-26-11-16(24-20(14)26)13-30-22-25-19-10-15(23)6-7-18(19)21(28)27(22)12-17-5-3-9-29-17/h2,4,6-8,10-11,17H,3,5,9,12-13H2,1H3/t17-/m0/s1. The van der Waals surface area contributed by atoms with Gasteiger partial charge in [-0.3, -0.25) is 9.36 Å². The third-order valence-electron chi connectivity index (χ3n) is 5.37.